The second-order valence-electron chi connectivity index (χ2n) is 4.93. The third kappa shape index (κ3) is 2.54. The molecule has 0 aliphatic rings. The molecule has 0 bridgehead atoms. The number of nitrogens with zero attached hydrogens (tertiary/aromatic N) is 3. The fraction of sp³-hybridized carbons (Fsp3) is 0. The Balaban J connectivity index is 1.96. The van der Waals surface area contributed by atoms with Crippen molar-refractivity contribution < 1.29 is 4.79 Å². The number of pyridine rings is 1. The van der Waals surface area contributed by atoms with Gasteiger partial charge in [0.05, 0.1) is 26.0 Å². The normalized spacial score (nSPS) is 11.0. The van der Waals surface area contributed by atoms with Gasteiger partial charge in [-0.3, -0.25) is 4.79 Å². The molecule has 0 atom stereocenters. The summed E-state index contributed by atoms with van der Waals surface area (Å²) in [6.45, 7) is 0. The highest BCUT2D eigenvalue weighted by Crippen LogP contribution is 2.32. The molecule has 1 aromatic carbocycles. The van der Waals surface area contributed by atoms with E-state index in [1.165, 1.54) is 16.0 Å². The van der Waals surface area contributed by atoms with Crippen molar-refractivity contribution in [3.63, 3.8) is 0 Å². The van der Waals surface area contributed by atoms with Gasteiger partial charge in [0.1, 0.15) is 0 Å². The molecule has 6 heteroatoms. The second kappa shape index (κ2) is 5.61. The monoisotopic (exact) mass is 339 g/mol. The van der Waals surface area contributed by atoms with Gasteiger partial charge in [0, 0.05) is 17.8 Å². The Labute approximate surface area is 141 Å². The molecule has 0 N–H and O–H groups in total. The first-order chi connectivity index (χ1) is 11.2. The number of benzene rings is 1. The van der Waals surface area contributed by atoms with Crippen molar-refractivity contribution in [2.24, 2.45) is 0 Å². The third-order valence-electron chi connectivity index (χ3n) is 3.48. The zero-order chi connectivity index (χ0) is 15.8. The van der Waals surface area contributed by atoms with Crippen molar-refractivity contribution in [3.05, 3.63) is 70.8 Å². The Morgan fingerprint density at radius 3 is 2.74 bits per heavy atom. The zero-order valence-electron chi connectivity index (χ0n) is 11.8. The van der Waals surface area contributed by atoms with E-state index in [0.717, 1.165) is 21.5 Å². The molecule has 0 amide bonds. The molecule has 4 aromatic rings. The SMILES string of the molecule is O=C(c1cc(-c2ccc(Cl)s2)nc2ccccc12)n1cccn1. The quantitative estimate of drug-likeness (QED) is 0.540. The molecular weight excluding hydrogens is 330 g/mol. The number of rotatable bonds is 2. The maximum absolute atomic E-state index is 12.8. The standard InChI is InChI=1S/C17H10ClN3OS/c18-16-7-6-15(23-16)14-10-12(17(22)21-9-3-8-19-21)11-4-1-2-5-13(11)20-14/h1-10H. The van der Waals surface area contributed by atoms with Crippen molar-refractivity contribution in [3.8, 4) is 10.6 Å². The summed E-state index contributed by atoms with van der Waals surface area (Å²) in [5, 5.41) is 4.84. The highest BCUT2D eigenvalue weighted by molar-refractivity contribution is 7.19. The number of fused-ring (bicyclic) bond motifs is 1. The fourth-order valence-electron chi connectivity index (χ4n) is 2.44. The van der Waals surface area contributed by atoms with Crippen LogP contribution in [0.1, 0.15) is 10.4 Å². The number of thiophene rings is 1. The van der Waals surface area contributed by atoms with Crippen molar-refractivity contribution >= 4 is 39.7 Å². The van der Waals surface area contributed by atoms with Gasteiger partial charge in [-0.05, 0) is 30.3 Å². The molecule has 0 aliphatic heterocycles. The first kappa shape index (κ1) is 14.1. The lowest BCUT2D eigenvalue weighted by atomic mass is 10.1. The minimum atomic E-state index is -0.183. The number of halogens is 1. The second-order valence-corrected chi connectivity index (χ2v) is 6.65. The highest BCUT2D eigenvalue weighted by atomic mass is 35.5. The van der Waals surface area contributed by atoms with Gasteiger partial charge in [-0.1, -0.05) is 29.8 Å². The maximum atomic E-state index is 12.8. The van der Waals surface area contributed by atoms with Crippen LogP contribution >= 0.6 is 22.9 Å². The van der Waals surface area contributed by atoms with E-state index in [9.17, 15) is 4.79 Å². The van der Waals surface area contributed by atoms with Gasteiger partial charge in [-0.25, -0.2) is 9.67 Å². The Kier molecular flexibility index (Phi) is 3.44. The van der Waals surface area contributed by atoms with Crippen LogP contribution in [-0.4, -0.2) is 20.7 Å². The summed E-state index contributed by atoms with van der Waals surface area (Å²) in [4.78, 5) is 18.3. The molecule has 0 fully saturated rings. The van der Waals surface area contributed by atoms with Gasteiger partial charge in [0.2, 0.25) is 0 Å². The Hall–Kier alpha value is -2.50. The highest BCUT2D eigenvalue weighted by Gasteiger charge is 2.16. The summed E-state index contributed by atoms with van der Waals surface area (Å²) in [6.07, 6.45) is 3.22. The van der Waals surface area contributed by atoms with Gasteiger partial charge in [-0.2, -0.15) is 5.10 Å². The molecule has 112 valence electrons. The topological polar surface area (TPSA) is 47.8 Å². The number of hydrogen-bond acceptors (Lipinski definition) is 4. The van der Waals surface area contributed by atoms with Crippen LogP contribution in [-0.2, 0) is 0 Å². The van der Waals surface area contributed by atoms with E-state index >= 15 is 0 Å². The number of carbonyl (C=O) groups excluding carboxylic acids is 1. The first-order valence-electron chi connectivity index (χ1n) is 6.92. The predicted molar refractivity (Wildman–Crippen MR) is 92.0 cm³/mol. The minimum absolute atomic E-state index is 0.183. The molecule has 0 saturated carbocycles. The lowest BCUT2D eigenvalue weighted by molar-refractivity contribution is 0.0947. The van der Waals surface area contributed by atoms with Crippen molar-refractivity contribution in [1.82, 2.24) is 14.8 Å². The van der Waals surface area contributed by atoms with Crippen LogP contribution in [0.4, 0.5) is 0 Å². The molecule has 0 saturated heterocycles. The molecular formula is C17H10ClN3OS. The van der Waals surface area contributed by atoms with Crippen LogP contribution in [0.2, 0.25) is 4.34 Å². The Bertz CT molecular complexity index is 1010. The van der Waals surface area contributed by atoms with Crippen LogP contribution in [0, 0.1) is 0 Å². The number of hydrogen-bond donors (Lipinski definition) is 0. The smallest absolute Gasteiger partial charge is 0.267 e. The molecule has 4 nitrogen and oxygen atoms in total. The van der Waals surface area contributed by atoms with Gasteiger partial charge < -0.3 is 0 Å². The summed E-state index contributed by atoms with van der Waals surface area (Å²) in [5.41, 5.74) is 2.07. The van der Waals surface area contributed by atoms with E-state index in [1.54, 1.807) is 24.5 Å². The lowest BCUT2D eigenvalue weighted by Gasteiger charge is -2.08. The molecule has 3 heterocycles. The molecule has 4 rings (SSSR count). The lowest BCUT2D eigenvalue weighted by Crippen LogP contribution is -2.13. The molecule has 3 aromatic heterocycles. The van der Waals surface area contributed by atoms with Crippen molar-refractivity contribution in [2.75, 3.05) is 0 Å². The molecule has 23 heavy (non-hydrogen) atoms. The van der Waals surface area contributed by atoms with Crippen LogP contribution in [0.25, 0.3) is 21.5 Å². The van der Waals surface area contributed by atoms with Crippen LogP contribution in [0.5, 0.6) is 0 Å². The van der Waals surface area contributed by atoms with E-state index in [2.05, 4.69) is 10.1 Å². The first-order valence-corrected chi connectivity index (χ1v) is 8.12. The Morgan fingerprint density at radius 1 is 1.13 bits per heavy atom. The summed E-state index contributed by atoms with van der Waals surface area (Å²) in [6, 6.07) is 14.8. The number of aromatic nitrogens is 3. The summed E-state index contributed by atoms with van der Waals surface area (Å²) in [5.74, 6) is -0.183. The van der Waals surface area contributed by atoms with E-state index in [0.29, 0.717) is 9.90 Å². The molecule has 0 aliphatic carbocycles. The average Bonchev–Trinajstić information content (AvgIpc) is 3.24. The number of carbonyl (C=O) groups is 1. The Morgan fingerprint density at radius 2 is 2.00 bits per heavy atom. The number of para-hydroxylation sites is 1. The predicted octanol–water partition coefficient (Wildman–Crippen LogP) is 4.50. The minimum Gasteiger partial charge on any atom is -0.267 e. The van der Waals surface area contributed by atoms with E-state index < -0.39 is 0 Å². The van der Waals surface area contributed by atoms with Gasteiger partial charge in [0.25, 0.3) is 5.91 Å². The van der Waals surface area contributed by atoms with Crippen molar-refractivity contribution in [1.29, 1.82) is 0 Å². The van der Waals surface area contributed by atoms with Gasteiger partial charge in [-0.15, -0.1) is 11.3 Å². The van der Waals surface area contributed by atoms with Crippen LogP contribution < -0.4 is 0 Å². The average molecular weight is 340 g/mol. The molecule has 0 radical (unpaired) electrons. The maximum Gasteiger partial charge on any atom is 0.278 e. The van der Waals surface area contributed by atoms with Gasteiger partial charge >= 0.3 is 0 Å². The van der Waals surface area contributed by atoms with E-state index in [1.807, 2.05) is 36.4 Å². The summed E-state index contributed by atoms with van der Waals surface area (Å²) in [7, 11) is 0. The molecule has 0 spiro atoms. The van der Waals surface area contributed by atoms with Crippen LogP contribution in [0.15, 0.2) is 60.9 Å². The summed E-state index contributed by atoms with van der Waals surface area (Å²) >= 11 is 7.46. The summed E-state index contributed by atoms with van der Waals surface area (Å²) < 4.78 is 2.02. The largest absolute Gasteiger partial charge is 0.278 e. The van der Waals surface area contributed by atoms with Gasteiger partial charge in [0.15, 0.2) is 0 Å². The van der Waals surface area contributed by atoms with E-state index in [-0.39, 0.29) is 5.91 Å². The van der Waals surface area contributed by atoms with E-state index in [4.69, 9.17) is 11.6 Å². The molecule has 0 unspecified atom stereocenters. The van der Waals surface area contributed by atoms with Crippen molar-refractivity contribution in [2.45, 2.75) is 0 Å². The third-order valence-corrected chi connectivity index (χ3v) is 4.74. The van der Waals surface area contributed by atoms with Crippen LogP contribution in [0.3, 0.4) is 0 Å². The fourth-order valence-corrected chi connectivity index (χ4v) is 3.45. The zero-order valence-corrected chi connectivity index (χ0v) is 13.4.